The number of ether oxygens (including phenoxy) is 1. The van der Waals surface area contributed by atoms with E-state index in [9.17, 15) is 0 Å². The summed E-state index contributed by atoms with van der Waals surface area (Å²) < 4.78 is 5.85. The Kier molecular flexibility index (Phi) is 3.07. The first-order valence-electron chi connectivity index (χ1n) is 6.76. The number of aryl methyl sites for hydroxylation is 1. The van der Waals surface area contributed by atoms with Crippen molar-refractivity contribution in [3.8, 4) is 0 Å². The second kappa shape index (κ2) is 4.72. The van der Waals surface area contributed by atoms with Gasteiger partial charge in [0.15, 0.2) is 0 Å². The van der Waals surface area contributed by atoms with Gasteiger partial charge in [0.2, 0.25) is 0 Å². The third kappa shape index (κ3) is 2.14. The number of anilines is 2. The molecule has 2 N–H and O–H groups in total. The van der Waals surface area contributed by atoms with E-state index in [1.54, 1.807) is 0 Å². The second-order valence-electron chi connectivity index (χ2n) is 5.02. The molecule has 98 valence electrons. The first-order chi connectivity index (χ1) is 8.78. The largest absolute Gasteiger partial charge is 0.373 e. The number of hydrogen-bond acceptors (Lipinski definition) is 5. The molecule has 2 bridgehead atoms. The Labute approximate surface area is 107 Å². The second-order valence-corrected chi connectivity index (χ2v) is 5.02. The lowest BCUT2D eigenvalue weighted by Crippen LogP contribution is -2.31. The Hall–Kier alpha value is -1.36. The summed E-state index contributed by atoms with van der Waals surface area (Å²) in [6.45, 7) is 2.07. The first kappa shape index (κ1) is 11.7. The Morgan fingerprint density at radius 1 is 1.33 bits per heavy atom. The van der Waals surface area contributed by atoms with Gasteiger partial charge in [-0.25, -0.2) is 9.97 Å². The predicted octanol–water partition coefficient (Wildman–Crippen LogP) is 1.81. The maximum absolute atomic E-state index is 5.85. The molecule has 0 saturated carbocycles. The molecule has 2 aliphatic heterocycles. The van der Waals surface area contributed by atoms with E-state index in [0.717, 1.165) is 30.3 Å². The number of nitrogens with zero attached hydrogens (tertiary/aromatic N) is 2. The van der Waals surface area contributed by atoms with Crippen molar-refractivity contribution in [2.45, 2.75) is 50.9 Å². The fourth-order valence-corrected chi connectivity index (χ4v) is 2.84. The minimum Gasteiger partial charge on any atom is -0.373 e. The van der Waals surface area contributed by atoms with Crippen molar-refractivity contribution < 1.29 is 4.74 Å². The lowest BCUT2D eigenvalue weighted by molar-refractivity contribution is 0.102. The van der Waals surface area contributed by atoms with Gasteiger partial charge < -0.3 is 15.4 Å². The van der Waals surface area contributed by atoms with E-state index in [2.05, 4.69) is 27.5 Å². The van der Waals surface area contributed by atoms with E-state index in [-0.39, 0.29) is 0 Å². The SMILES string of the molecule is CCc1nc(NC)cc(NC2CC3CCC2O3)n1. The maximum Gasteiger partial charge on any atom is 0.132 e. The van der Waals surface area contributed by atoms with Crippen LogP contribution in [0.25, 0.3) is 0 Å². The molecule has 0 amide bonds. The Morgan fingerprint density at radius 2 is 2.17 bits per heavy atom. The molecule has 5 nitrogen and oxygen atoms in total. The topological polar surface area (TPSA) is 59.1 Å². The molecule has 3 heterocycles. The van der Waals surface area contributed by atoms with Crippen LogP contribution in [0, 0.1) is 0 Å². The minimum absolute atomic E-state index is 0.369. The summed E-state index contributed by atoms with van der Waals surface area (Å²) in [6, 6.07) is 2.37. The van der Waals surface area contributed by atoms with Crippen LogP contribution >= 0.6 is 0 Å². The van der Waals surface area contributed by atoms with Gasteiger partial charge in [-0.1, -0.05) is 6.92 Å². The van der Waals surface area contributed by atoms with Crippen molar-refractivity contribution in [1.29, 1.82) is 0 Å². The van der Waals surface area contributed by atoms with Crippen LogP contribution in [0.5, 0.6) is 0 Å². The molecule has 0 aromatic carbocycles. The molecule has 2 aliphatic rings. The zero-order valence-corrected chi connectivity index (χ0v) is 10.9. The molecule has 0 spiro atoms. The van der Waals surface area contributed by atoms with Gasteiger partial charge in [0.25, 0.3) is 0 Å². The average molecular weight is 248 g/mol. The Balaban J connectivity index is 1.75. The Bertz CT molecular complexity index is 415. The molecule has 0 radical (unpaired) electrons. The van der Waals surface area contributed by atoms with E-state index in [4.69, 9.17) is 4.74 Å². The van der Waals surface area contributed by atoms with Crippen molar-refractivity contribution in [1.82, 2.24) is 9.97 Å². The van der Waals surface area contributed by atoms with Gasteiger partial charge in [-0.05, 0) is 19.3 Å². The molecule has 0 aliphatic carbocycles. The van der Waals surface area contributed by atoms with Crippen LogP contribution in [0.3, 0.4) is 0 Å². The highest BCUT2D eigenvalue weighted by Gasteiger charge is 2.40. The monoisotopic (exact) mass is 248 g/mol. The molecule has 2 fully saturated rings. The quantitative estimate of drug-likeness (QED) is 0.851. The van der Waals surface area contributed by atoms with E-state index >= 15 is 0 Å². The summed E-state index contributed by atoms with van der Waals surface area (Å²) in [5.74, 6) is 2.65. The van der Waals surface area contributed by atoms with Crippen molar-refractivity contribution >= 4 is 11.6 Å². The molecule has 1 aromatic heterocycles. The van der Waals surface area contributed by atoms with Gasteiger partial charge in [-0.2, -0.15) is 0 Å². The van der Waals surface area contributed by atoms with Crippen LogP contribution in [0.4, 0.5) is 11.6 Å². The third-order valence-electron chi connectivity index (χ3n) is 3.78. The van der Waals surface area contributed by atoms with Crippen LogP contribution in [-0.2, 0) is 11.2 Å². The van der Waals surface area contributed by atoms with E-state index < -0.39 is 0 Å². The number of fused-ring (bicyclic) bond motifs is 2. The molecule has 3 atom stereocenters. The van der Waals surface area contributed by atoms with Crippen molar-refractivity contribution in [2.24, 2.45) is 0 Å². The Morgan fingerprint density at radius 3 is 2.78 bits per heavy atom. The van der Waals surface area contributed by atoms with Crippen LogP contribution in [0.15, 0.2) is 6.07 Å². The molecular formula is C13H20N4O. The first-order valence-corrected chi connectivity index (χ1v) is 6.76. The van der Waals surface area contributed by atoms with Gasteiger partial charge >= 0.3 is 0 Å². The molecule has 3 rings (SSSR count). The van der Waals surface area contributed by atoms with Crippen LogP contribution < -0.4 is 10.6 Å². The molecular weight excluding hydrogens is 228 g/mol. The summed E-state index contributed by atoms with van der Waals surface area (Å²) in [5, 5.41) is 6.58. The molecule has 2 saturated heterocycles. The molecule has 18 heavy (non-hydrogen) atoms. The lowest BCUT2D eigenvalue weighted by atomic mass is 9.95. The van der Waals surface area contributed by atoms with Crippen LogP contribution in [0.1, 0.15) is 32.0 Å². The normalized spacial score (nSPS) is 29.6. The maximum atomic E-state index is 5.85. The smallest absolute Gasteiger partial charge is 0.132 e. The fourth-order valence-electron chi connectivity index (χ4n) is 2.84. The van der Waals surface area contributed by atoms with Crippen LogP contribution in [0.2, 0.25) is 0 Å². The van der Waals surface area contributed by atoms with Crippen molar-refractivity contribution in [2.75, 3.05) is 17.7 Å². The third-order valence-corrected chi connectivity index (χ3v) is 3.78. The highest BCUT2D eigenvalue weighted by Crippen LogP contribution is 2.35. The number of nitrogens with one attached hydrogen (secondary N) is 2. The van der Waals surface area contributed by atoms with E-state index in [1.165, 1.54) is 12.8 Å². The highest BCUT2D eigenvalue weighted by atomic mass is 16.5. The molecule has 3 unspecified atom stereocenters. The molecule has 5 heteroatoms. The summed E-state index contributed by atoms with van der Waals surface area (Å²) in [7, 11) is 1.88. The zero-order valence-electron chi connectivity index (χ0n) is 10.9. The van der Waals surface area contributed by atoms with Crippen molar-refractivity contribution in [3.63, 3.8) is 0 Å². The summed E-state index contributed by atoms with van der Waals surface area (Å²) >= 11 is 0. The van der Waals surface area contributed by atoms with E-state index in [0.29, 0.717) is 18.2 Å². The number of rotatable bonds is 4. The highest BCUT2D eigenvalue weighted by molar-refractivity contribution is 5.48. The van der Waals surface area contributed by atoms with Gasteiger partial charge in [-0.15, -0.1) is 0 Å². The lowest BCUT2D eigenvalue weighted by Gasteiger charge is -2.21. The van der Waals surface area contributed by atoms with Gasteiger partial charge in [-0.3, -0.25) is 0 Å². The van der Waals surface area contributed by atoms with Crippen molar-refractivity contribution in [3.05, 3.63) is 11.9 Å². The average Bonchev–Trinajstić information content (AvgIpc) is 3.00. The number of hydrogen-bond donors (Lipinski definition) is 2. The van der Waals surface area contributed by atoms with Gasteiger partial charge in [0.05, 0.1) is 18.2 Å². The van der Waals surface area contributed by atoms with Gasteiger partial charge in [0.1, 0.15) is 17.5 Å². The molecule has 1 aromatic rings. The summed E-state index contributed by atoms with van der Waals surface area (Å²) in [5.41, 5.74) is 0. The predicted molar refractivity (Wildman–Crippen MR) is 70.9 cm³/mol. The number of aromatic nitrogens is 2. The van der Waals surface area contributed by atoms with E-state index in [1.807, 2.05) is 13.1 Å². The summed E-state index contributed by atoms with van der Waals surface area (Å²) in [4.78, 5) is 8.93. The van der Waals surface area contributed by atoms with Gasteiger partial charge in [0, 0.05) is 19.5 Å². The fraction of sp³-hybridized carbons (Fsp3) is 0.692. The van der Waals surface area contributed by atoms with Crippen LogP contribution in [-0.4, -0.2) is 35.3 Å². The standard InChI is InChI=1S/C13H20N4O/c1-3-11-16-12(14-2)7-13(17-11)15-9-6-8-4-5-10(9)18-8/h7-10H,3-6H2,1-2H3,(H2,14,15,16,17). The minimum atomic E-state index is 0.369. The summed E-state index contributed by atoms with van der Waals surface area (Å²) in [6.07, 6.45) is 5.17. The zero-order chi connectivity index (χ0) is 12.5.